The first-order valence-corrected chi connectivity index (χ1v) is 12.3. The highest BCUT2D eigenvalue weighted by atomic mass is 32.2. The van der Waals surface area contributed by atoms with Crippen LogP contribution in [0.1, 0.15) is 48.5 Å². The second kappa shape index (κ2) is 9.99. The number of aromatic amines is 1. The van der Waals surface area contributed by atoms with E-state index in [0.717, 1.165) is 41.9 Å². The zero-order valence-corrected chi connectivity index (χ0v) is 19.1. The predicted molar refractivity (Wildman–Crippen MR) is 130 cm³/mol. The lowest BCUT2D eigenvalue weighted by atomic mass is 10.1. The molecule has 0 spiro atoms. The summed E-state index contributed by atoms with van der Waals surface area (Å²) >= 11 is 1.72. The third-order valence-electron chi connectivity index (χ3n) is 5.46. The number of hydrogen-bond donors (Lipinski definition) is 2. The van der Waals surface area contributed by atoms with Crippen LogP contribution in [-0.4, -0.2) is 37.7 Å². The van der Waals surface area contributed by atoms with E-state index in [2.05, 4.69) is 22.3 Å². The van der Waals surface area contributed by atoms with Crippen molar-refractivity contribution in [2.45, 2.75) is 38.8 Å². The van der Waals surface area contributed by atoms with Gasteiger partial charge in [0, 0.05) is 11.9 Å². The number of thioether (sulfide) groups is 1. The van der Waals surface area contributed by atoms with Crippen LogP contribution in [0.4, 0.5) is 0 Å². The Morgan fingerprint density at radius 3 is 2.66 bits per heavy atom. The Morgan fingerprint density at radius 1 is 1.16 bits per heavy atom. The third-order valence-corrected chi connectivity index (χ3v) is 6.10. The van der Waals surface area contributed by atoms with Gasteiger partial charge >= 0.3 is 0 Å². The summed E-state index contributed by atoms with van der Waals surface area (Å²) in [6.07, 6.45) is 4.52. The van der Waals surface area contributed by atoms with Crippen LogP contribution in [0.15, 0.2) is 53.3 Å². The second-order valence-electron chi connectivity index (χ2n) is 7.72. The molecule has 1 amide bonds. The van der Waals surface area contributed by atoms with Gasteiger partial charge in [-0.25, -0.2) is 9.67 Å². The summed E-state index contributed by atoms with van der Waals surface area (Å²) in [6, 6.07) is 14.7. The van der Waals surface area contributed by atoms with E-state index in [9.17, 15) is 9.59 Å². The van der Waals surface area contributed by atoms with Crippen molar-refractivity contribution in [3.63, 3.8) is 0 Å². The standard InChI is InChI=1S/C24H27N5O2S/c1-3-4-14-29-24(31)17-10-6-5-9-16(17)21(28-29)23(30)27-20(13-15-32-2)22-25-18-11-7-8-12-19(18)26-22/h5-12,20H,3-4,13-15H2,1-2H3,(H,25,26)(H,27,30)/t20-/m0/s1. The maximum absolute atomic E-state index is 13.4. The number of nitrogens with zero attached hydrogens (tertiary/aromatic N) is 3. The number of rotatable bonds is 9. The third kappa shape index (κ3) is 4.55. The van der Waals surface area contributed by atoms with E-state index in [1.54, 1.807) is 23.9 Å². The molecule has 2 aromatic carbocycles. The Morgan fingerprint density at radius 2 is 1.91 bits per heavy atom. The van der Waals surface area contributed by atoms with E-state index < -0.39 is 0 Å². The summed E-state index contributed by atoms with van der Waals surface area (Å²) in [5.74, 6) is 1.28. The number of aryl methyl sites for hydroxylation is 1. The average molecular weight is 450 g/mol. The fourth-order valence-corrected chi connectivity index (χ4v) is 4.21. The van der Waals surface area contributed by atoms with E-state index in [-0.39, 0.29) is 23.2 Å². The number of H-pyrrole nitrogens is 1. The summed E-state index contributed by atoms with van der Waals surface area (Å²) in [5.41, 5.74) is 1.90. The minimum absolute atomic E-state index is 0.165. The number of carbonyl (C=O) groups excluding carboxylic acids is 1. The predicted octanol–water partition coefficient (Wildman–Crippen LogP) is 4.30. The van der Waals surface area contributed by atoms with Crippen LogP contribution in [-0.2, 0) is 6.54 Å². The molecule has 0 saturated heterocycles. The van der Waals surface area contributed by atoms with Gasteiger partial charge in [-0.05, 0) is 43.0 Å². The molecular formula is C24H27N5O2S. The number of nitrogens with one attached hydrogen (secondary N) is 2. The van der Waals surface area contributed by atoms with Crippen molar-refractivity contribution in [2.24, 2.45) is 0 Å². The molecule has 0 fully saturated rings. The molecule has 32 heavy (non-hydrogen) atoms. The molecule has 0 aliphatic heterocycles. The van der Waals surface area contributed by atoms with Crippen LogP contribution in [0.3, 0.4) is 0 Å². The molecule has 4 aromatic rings. The van der Waals surface area contributed by atoms with Crippen LogP contribution in [0, 0.1) is 0 Å². The lowest BCUT2D eigenvalue weighted by molar-refractivity contribution is 0.0928. The molecule has 7 nitrogen and oxygen atoms in total. The van der Waals surface area contributed by atoms with Crippen LogP contribution >= 0.6 is 11.8 Å². The van der Waals surface area contributed by atoms with Crippen LogP contribution in [0.2, 0.25) is 0 Å². The largest absolute Gasteiger partial charge is 0.341 e. The van der Waals surface area contributed by atoms with E-state index in [1.165, 1.54) is 4.68 Å². The molecular weight excluding hydrogens is 422 g/mol. The van der Waals surface area contributed by atoms with Gasteiger partial charge in [-0.2, -0.15) is 16.9 Å². The molecule has 0 bridgehead atoms. The Bertz CT molecular complexity index is 1260. The van der Waals surface area contributed by atoms with Crippen molar-refractivity contribution in [3.8, 4) is 0 Å². The molecule has 0 aliphatic carbocycles. The Hall–Kier alpha value is -3.13. The number of carbonyl (C=O) groups is 1. The lowest BCUT2D eigenvalue weighted by Gasteiger charge is -2.17. The first-order chi connectivity index (χ1) is 15.6. The first kappa shape index (κ1) is 22.1. The zero-order valence-electron chi connectivity index (χ0n) is 18.3. The summed E-state index contributed by atoms with van der Waals surface area (Å²) in [7, 11) is 0. The van der Waals surface area contributed by atoms with Gasteiger partial charge in [0.25, 0.3) is 11.5 Å². The highest BCUT2D eigenvalue weighted by Gasteiger charge is 2.22. The van der Waals surface area contributed by atoms with E-state index in [1.807, 2.05) is 42.7 Å². The Balaban J connectivity index is 1.71. The van der Waals surface area contributed by atoms with Crippen molar-refractivity contribution in [3.05, 3.63) is 70.4 Å². The van der Waals surface area contributed by atoms with E-state index in [0.29, 0.717) is 17.3 Å². The molecule has 1 atom stereocenters. The van der Waals surface area contributed by atoms with Crippen molar-refractivity contribution in [1.82, 2.24) is 25.1 Å². The quantitative estimate of drug-likeness (QED) is 0.397. The molecule has 2 heterocycles. The normalized spacial score (nSPS) is 12.3. The van der Waals surface area contributed by atoms with Gasteiger partial charge in [-0.1, -0.05) is 43.7 Å². The highest BCUT2D eigenvalue weighted by molar-refractivity contribution is 7.98. The molecule has 0 aliphatic rings. The molecule has 0 radical (unpaired) electrons. The number of hydrogen-bond acceptors (Lipinski definition) is 5. The molecule has 0 unspecified atom stereocenters. The minimum atomic E-state index is -0.307. The number of benzene rings is 2. The van der Waals surface area contributed by atoms with Gasteiger partial charge in [-0.3, -0.25) is 9.59 Å². The van der Waals surface area contributed by atoms with E-state index in [4.69, 9.17) is 4.98 Å². The second-order valence-corrected chi connectivity index (χ2v) is 8.71. The Kier molecular flexibility index (Phi) is 6.90. The van der Waals surface area contributed by atoms with Gasteiger partial charge in [0.2, 0.25) is 0 Å². The fourth-order valence-electron chi connectivity index (χ4n) is 3.74. The van der Waals surface area contributed by atoms with Crippen LogP contribution < -0.4 is 10.9 Å². The molecule has 0 saturated carbocycles. The fraction of sp³-hybridized carbons (Fsp3) is 0.333. The SMILES string of the molecule is CCCCn1nc(C(=O)N[C@@H](CCSC)c2nc3ccccc3[nH]2)c2ccccc2c1=O. The summed E-state index contributed by atoms with van der Waals surface area (Å²) in [6.45, 7) is 2.54. The molecule has 2 aromatic heterocycles. The van der Waals surface area contributed by atoms with Crippen molar-refractivity contribution < 1.29 is 4.79 Å². The summed E-state index contributed by atoms with van der Waals surface area (Å²) in [4.78, 5) is 34.3. The molecule has 2 N–H and O–H groups in total. The molecule has 166 valence electrons. The van der Waals surface area contributed by atoms with Crippen molar-refractivity contribution in [1.29, 1.82) is 0 Å². The number of amides is 1. The maximum Gasteiger partial charge on any atom is 0.274 e. The topological polar surface area (TPSA) is 92.7 Å². The highest BCUT2D eigenvalue weighted by Crippen LogP contribution is 2.21. The van der Waals surface area contributed by atoms with Gasteiger partial charge in [0.15, 0.2) is 5.69 Å². The monoisotopic (exact) mass is 449 g/mol. The number of unbranched alkanes of at least 4 members (excludes halogenated alkanes) is 1. The van der Waals surface area contributed by atoms with Gasteiger partial charge in [0.05, 0.1) is 22.5 Å². The average Bonchev–Trinajstić information content (AvgIpc) is 3.25. The summed E-state index contributed by atoms with van der Waals surface area (Å²) in [5, 5.41) is 8.65. The smallest absolute Gasteiger partial charge is 0.274 e. The summed E-state index contributed by atoms with van der Waals surface area (Å²) < 4.78 is 1.42. The van der Waals surface area contributed by atoms with Gasteiger partial charge < -0.3 is 10.3 Å². The number of para-hydroxylation sites is 2. The molecule has 4 rings (SSSR count). The zero-order chi connectivity index (χ0) is 22.5. The van der Waals surface area contributed by atoms with Crippen molar-refractivity contribution in [2.75, 3.05) is 12.0 Å². The maximum atomic E-state index is 13.4. The van der Waals surface area contributed by atoms with Crippen LogP contribution in [0.25, 0.3) is 21.8 Å². The number of fused-ring (bicyclic) bond motifs is 2. The Labute approximate surface area is 190 Å². The van der Waals surface area contributed by atoms with Crippen molar-refractivity contribution >= 4 is 39.5 Å². The minimum Gasteiger partial charge on any atom is -0.341 e. The van der Waals surface area contributed by atoms with Gasteiger partial charge in [-0.15, -0.1) is 0 Å². The van der Waals surface area contributed by atoms with E-state index >= 15 is 0 Å². The molecule has 8 heteroatoms. The number of imidazole rings is 1. The number of aromatic nitrogens is 4. The first-order valence-electron chi connectivity index (χ1n) is 10.9. The van der Waals surface area contributed by atoms with Crippen LogP contribution in [0.5, 0.6) is 0 Å². The lowest BCUT2D eigenvalue weighted by Crippen LogP contribution is -2.33. The van der Waals surface area contributed by atoms with Gasteiger partial charge in [0.1, 0.15) is 5.82 Å².